The van der Waals surface area contributed by atoms with Crippen molar-refractivity contribution in [3.63, 3.8) is 0 Å². The molecule has 0 saturated heterocycles. The van der Waals surface area contributed by atoms with Gasteiger partial charge in [0, 0.05) is 6.54 Å². The molecule has 0 aliphatic rings. The highest BCUT2D eigenvalue weighted by molar-refractivity contribution is 5.23. The first-order valence-electron chi connectivity index (χ1n) is 5.46. The summed E-state index contributed by atoms with van der Waals surface area (Å²) >= 11 is 0. The average Bonchev–Trinajstić information content (AvgIpc) is 2.25. The Morgan fingerprint density at radius 1 is 1.44 bits per heavy atom. The van der Waals surface area contributed by atoms with Gasteiger partial charge in [0.2, 0.25) is 0 Å². The maximum absolute atomic E-state index is 13.1. The van der Waals surface area contributed by atoms with Crippen LogP contribution in [0.1, 0.15) is 13.3 Å². The highest BCUT2D eigenvalue weighted by Crippen LogP contribution is 2.15. The molecule has 0 bridgehead atoms. The van der Waals surface area contributed by atoms with E-state index in [9.17, 15) is 4.39 Å². The first kappa shape index (κ1) is 12.9. The summed E-state index contributed by atoms with van der Waals surface area (Å²) < 4.78 is 18.4. The van der Waals surface area contributed by atoms with E-state index in [1.54, 1.807) is 25.1 Å². The largest absolute Gasteiger partial charge is 0.490 e. The summed E-state index contributed by atoms with van der Waals surface area (Å²) in [5, 5.41) is 12.0. The lowest BCUT2D eigenvalue weighted by Crippen LogP contribution is -2.26. The smallest absolute Gasteiger partial charge is 0.165 e. The molecule has 16 heavy (non-hydrogen) atoms. The fourth-order valence-electron chi connectivity index (χ4n) is 1.25. The van der Waals surface area contributed by atoms with Crippen molar-refractivity contribution in [3.8, 4) is 5.75 Å². The van der Waals surface area contributed by atoms with Crippen LogP contribution in [0.5, 0.6) is 5.75 Å². The van der Waals surface area contributed by atoms with E-state index in [4.69, 9.17) is 9.84 Å². The molecule has 0 fully saturated rings. The third-order valence-corrected chi connectivity index (χ3v) is 2.03. The number of hydrogen-bond acceptors (Lipinski definition) is 3. The van der Waals surface area contributed by atoms with Gasteiger partial charge >= 0.3 is 0 Å². The van der Waals surface area contributed by atoms with Crippen LogP contribution in [-0.2, 0) is 0 Å². The fourth-order valence-corrected chi connectivity index (χ4v) is 1.25. The number of ether oxygens (including phenoxy) is 1. The number of hydrogen-bond donors (Lipinski definition) is 2. The zero-order valence-corrected chi connectivity index (χ0v) is 9.45. The van der Waals surface area contributed by atoms with Crippen molar-refractivity contribution in [1.29, 1.82) is 0 Å². The van der Waals surface area contributed by atoms with Gasteiger partial charge in [0.15, 0.2) is 11.6 Å². The Morgan fingerprint density at radius 2 is 2.19 bits per heavy atom. The molecule has 0 radical (unpaired) electrons. The Morgan fingerprint density at radius 3 is 2.88 bits per heavy atom. The van der Waals surface area contributed by atoms with Crippen LogP contribution in [-0.4, -0.2) is 30.9 Å². The number of benzene rings is 1. The third-order valence-electron chi connectivity index (χ3n) is 2.03. The Kier molecular flexibility index (Phi) is 5.82. The fraction of sp³-hybridized carbons (Fsp3) is 0.500. The monoisotopic (exact) mass is 227 g/mol. The molecule has 1 rings (SSSR count). The Balaban J connectivity index is 2.10. The van der Waals surface area contributed by atoms with Gasteiger partial charge in [0.05, 0.1) is 12.7 Å². The van der Waals surface area contributed by atoms with Gasteiger partial charge in [-0.25, -0.2) is 4.39 Å². The summed E-state index contributed by atoms with van der Waals surface area (Å²) in [6.07, 6.45) is 0.439. The second kappa shape index (κ2) is 7.19. The van der Waals surface area contributed by atoms with E-state index in [2.05, 4.69) is 5.32 Å². The molecule has 1 atom stereocenters. The van der Waals surface area contributed by atoms with Gasteiger partial charge in [0.1, 0.15) is 0 Å². The molecule has 3 nitrogen and oxygen atoms in total. The molecule has 4 heteroatoms. The predicted octanol–water partition coefficient (Wildman–Crippen LogP) is 1.56. The van der Waals surface area contributed by atoms with E-state index in [0.717, 1.165) is 13.0 Å². The number of rotatable bonds is 7. The van der Waals surface area contributed by atoms with Crippen LogP contribution in [0.25, 0.3) is 0 Å². The van der Waals surface area contributed by atoms with Crippen molar-refractivity contribution < 1.29 is 14.2 Å². The van der Waals surface area contributed by atoms with Gasteiger partial charge in [0.25, 0.3) is 0 Å². The lowest BCUT2D eigenvalue weighted by molar-refractivity contribution is 0.190. The van der Waals surface area contributed by atoms with Gasteiger partial charge in [-0.1, -0.05) is 12.1 Å². The lowest BCUT2D eigenvalue weighted by Gasteiger charge is -2.08. The van der Waals surface area contributed by atoms with Crippen LogP contribution >= 0.6 is 0 Å². The molecule has 0 saturated carbocycles. The zero-order chi connectivity index (χ0) is 11.8. The maximum Gasteiger partial charge on any atom is 0.165 e. The van der Waals surface area contributed by atoms with Crippen molar-refractivity contribution >= 4 is 0 Å². The SMILES string of the molecule is CC(O)CNCCCOc1ccccc1F. The quantitative estimate of drug-likeness (QED) is 0.695. The summed E-state index contributed by atoms with van der Waals surface area (Å²) in [5.41, 5.74) is 0. The maximum atomic E-state index is 13.1. The molecule has 1 aromatic rings. The summed E-state index contributed by atoms with van der Waals surface area (Å²) in [7, 11) is 0. The molecular weight excluding hydrogens is 209 g/mol. The predicted molar refractivity (Wildman–Crippen MR) is 61.1 cm³/mol. The minimum absolute atomic E-state index is 0.290. The molecule has 0 aliphatic heterocycles. The molecular formula is C12H18FNO2. The first-order valence-corrected chi connectivity index (χ1v) is 5.46. The number of para-hydroxylation sites is 1. The topological polar surface area (TPSA) is 41.5 Å². The van der Waals surface area contributed by atoms with Gasteiger partial charge in [-0.2, -0.15) is 0 Å². The minimum Gasteiger partial charge on any atom is -0.490 e. The number of nitrogens with one attached hydrogen (secondary N) is 1. The number of aliphatic hydroxyl groups excluding tert-OH is 1. The van der Waals surface area contributed by atoms with Crippen LogP contribution in [0.2, 0.25) is 0 Å². The first-order chi connectivity index (χ1) is 7.70. The molecule has 0 heterocycles. The molecule has 0 amide bonds. The van der Waals surface area contributed by atoms with Crippen LogP contribution in [0.15, 0.2) is 24.3 Å². The second-order valence-corrected chi connectivity index (χ2v) is 3.69. The van der Waals surface area contributed by atoms with Gasteiger partial charge in [-0.3, -0.25) is 0 Å². The van der Waals surface area contributed by atoms with Crippen LogP contribution in [0.4, 0.5) is 4.39 Å². The van der Waals surface area contributed by atoms with E-state index in [-0.39, 0.29) is 17.7 Å². The van der Waals surface area contributed by atoms with Gasteiger partial charge < -0.3 is 15.2 Å². The van der Waals surface area contributed by atoms with Crippen molar-refractivity contribution in [2.24, 2.45) is 0 Å². The van der Waals surface area contributed by atoms with Gasteiger partial charge in [-0.05, 0) is 32.0 Å². The lowest BCUT2D eigenvalue weighted by atomic mass is 10.3. The third kappa shape index (κ3) is 5.09. The Hall–Kier alpha value is -1.13. The van der Waals surface area contributed by atoms with E-state index < -0.39 is 0 Å². The summed E-state index contributed by atoms with van der Waals surface area (Å²) in [4.78, 5) is 0. The van der Waals surface area contributed by atoms with Crippen molar-refractivity contribution in [2.75, 3.05) is 19.7 Å². The van der Waals surface area contributed by atoms with Crippen LogP contribution in [0, 0.1) is 5.82 Å². The van der Waals surface area contributed by atoms with Crippen molar-refractivity contribution in [1.82, 2.24) is 5.32 Å². The molecule has 0 aliphatic carbocycles. The van der Waals surface area contributed by atoms with E-state index in [1.807, 2.05) is 0 Å². The average molecular weight is 227 g/mol. The molecule has 90 valence electrons. The van der Waals surface area contributed by atoms with Crippen molar-refractivity contribution in [3.05, 3.63) is 30.1 Å². The normalized spacial score (nSPS) is 12.4. The Labute approximate surface area is 95.2 Å². The number of halogens is 1. The molecule has 1 aromatic carbocycles. The molecule has 0 spiro atoms. The van der Waals surface area contributed by atoms with E-state index in [0.29, 0.717) is 13.2 Å². The highest BCUT2D eigenvalue weighted by atomic mass is 19.1. The van der Waals surface area contributed by atoms with Crippen molar-refractivity contribution in [2.45, 2.75) is 19.4 Å². The van der Waals surface area contributed by atoms with E-state index >= 15 is 0 Å². The Bertz CT molecular complexity index is 305. The van der Waals surface area contributed by atoms with Gasteiger partial charge in [-0.15, -0.1) is 0 Å². The molecule has 0 aromatic heterocycles. The standard InChI is InChI=1S/C12H18FNO2/c1-10(15)9-14-7-4-8-16-12-6-3-2-5-11(12)13/h2-3,5-6,10,14-15H,4,7-9H2,1H3. The van der Waals surface area contributed by atoms with Crippen LogP contribution in [0.3, 0.4) is 0 Å². The summed E-state index contributed by atoms with van der Waals surface area (Å²) in [6.45, 7) is 3.51. The molecule has 1 unspecified atom stereocenters. The summed E-state index contributed by atoms with van der Waals surface area (Å²) in [6, 6.07) is 6.36. The zero-order valence-electron chi connectivity index (χ0n) is 9.45. The highest BCUT2D eigenvalue weighted by Gasteiger charge is 2.00. The number of aliphatic hydroxyl groups is 1. The van der Waals surface area contributed by atoms with Crippen LogP contribution < -0.4 is 10.1 Å². The van der Waals surface area contributed by atoms with E-state index in [1.165, 1.54) is 6.07 Å². The summed E-state index contributed by atoms with van der Waals surface area (Å²) in [5.74, 6) is -0.0440. The molecule has 2 N–H and O–H groups in total. The minimum atomic E-state index is -0.340. The second-order valence-electron chi connectivity index (χ2n) is 3.69.